The number of allylic oxidation sites excluding steroid dienone is 3. The Hall–Kier alpha value is -2.69. The second kappa shape index (κ2) is 8.02. The summed E-state index contributed by atoms with van der Waals surface area (Å²) in [6.45, 7) is 3.88. The van der Waals surface area contributed by atoms with Gasteiger partial charge >= 0.3 is 0 Å². The first-order chi connectivity index (χ1) is 15.0. The average Bonchev–Trinajstić information content (AvgIpc) is 2.69. The van der Waals surface area contributed by atoms with E-state index in [1.54, 1.807) is 18.2 Å². The molecule has 1 atom stereocenters. The van der Waals surface area contributed by atoms with Crippen LogP contribution in [0.4, 0.5) is 14.5 Å². The van der Waals surface area contributed by atoms with E-state index >= 15 is 0 Å². The van der Waals surface area contributed by atoms with Crippen molar-refractivity contribution in [1.29, 1.82) is 5.26 Å². The topological polar surface area (TPSA) is 70.1 Å². The van der Waals surface area contributed by atoms with E-state index in [0.717, 1.165) is 12.1 Å². The van der Waals surface area contributed by atoms with Crippen LogP contribution in [0, 0.1) is 28.4 Å². The molecule has 2 aliphatic rings. The van der Waals surface area contributed by atoms with E-state index in [0.29, 0.717) is 32.7 Å². The average molecular weight is 519 g/mol. The Morgan fingerprint density at radius 1 is 1.22 bits per heavy atom. The molecule has 8 heteroatoms. The smallest absolute Gasteiger partial charge is 0.162 e. The first-order valence-corrected chi connectivity index (χ1v) is 11.1. The molecule has 164 valence electrons. The summed E-state index contributed by atoms with van der Waals surface area (Å²) >= 11 is 9.73. The van der Waals surface area contributed by atoms with Gasteiger partial charge in [-0.3, -0.25) is 9.69 Å². The molecular weight excluding hydrogens is 500 g/mol. The first kappa shape index (κ1) is 22.5. The maximum absolute atomic E-state index is 14.8. The zero-order valence-electron chi connectivity index (χ0n) is 17.3. The number of nitrogens with two attached hydrogens (primary N) is 1. The van der Waals surface area contributed by atoms with Crippen molar-refractivity contribution in [3.8, 4) is 6.07 Å². The molecule has 0 saturated heterocycles. The van der Waals surface area contributed by atoms with Crippen molar-refractivity contribution in [3.63, 3.8) is 0 Å². The number of hydrogen-bond donors (Lipinski definition) is 1. The van der Waals surface area contributed by atoms with E-state index in [-0.39, 0.29) is 29.3 Å². The molecule has 0 fully saturated rings. The van der Waals surface area contributed by atoms with Gasteiger partial charge in [0.1, 0.15) is 17.5 Å². The Morgan fingerprint density at radius 3 is 2.59 bits per heavy atom. The minimum absolute atomic E-state index is 0.000802. The lowest BCUT2D eigenvalue weighted by atomic mass is 9.68. The fourth-order valence-corrected chi connectivity index (χ4v) is 5.15. The van der Waals surface area contributed by atoms with Crippen LogP contribution in [0.1, 0.15) is 38.2 Å². The molecule has 1 aliphatic carbocycles. The summed E-state index contributed by atoms with van der Waals surface area (Å²) in [6, 6.07) is 10.4. The highest BCUT2D eigenvalue weighted by molar-refractivity contribution is 9.10. The lowest BCUT2D eigenvalue weighted by Gasteiger charge is -2.44. The number of Topliss-reactive ketones (excluding diaryl/α,β-unsaturated/α-hetero) is 1. The summed E-state index contributed by atoms with van der Waals surface area (Å²) in [5, 5.41) is 10.5. The normalized spacial score (nSPS) is 20.3. The molecule has 2 aromatic carbocycles. The number of carbonyl (C=O) groups excluding carboxylic acids is 1. The number of benzene rings is 2. The molecule has 1 unspecified atom stereocenters. The van der Waals surface area contributed by atoms with E-state index in [1.807, 2.05) is 13.8 Å². The minimum Gasteiger partial charge on any atom is -0.384 e. The largest absolute Gasteiger partial charge is 0.384 e. The number of ketones is 1. The summed E-state index contributed by atoms with van der Waals surface area (Å²) in [6.07, 6.45) is 0.678. The van der Waals surface area contributed by atoms with Crippen molar-refractivity contribution in [2.24, 2.45) is 11.1 Å². The van der Waals surface area contributed by atoms with Gasteiger partial charge in [0.25, 0.3) is 0 Å². The van der Waals surface area contributed by atoms with Crippen molar-refractivity contribution in [3.05, 3.63) is 85.8 Å². The molecule has 1 heterocycles. The van der Waals surface area contributed by atoms with E-state index in [1.165, 1.54) is 11.0 Å². The molecule has 2 aromatic rings. The highest BCUT2D eigenvalue weighted by Crippen LogP contribution is 2.51. The predicted molar refractivity (Wildman–Crippen MR) is 123 cm³/mol. The van der Waals surface area contributed by atoms with Crippen molar-refractivity contribution < 1.29 is 13.6 Å². The highest BCUT2D eigenvalue weighted by Gasteiger charge is 2.45. The molecule has 0 bridgehead atoms. The quantitative estimate of drug-likeness (QED) is 0.505. The lowest BCUT2D eigenvalue weighted by Crippen LogP contribution is -2.42. The van der Waals surface area contributed by atoms with Crippen LogP contribution in [-0.2, 0) is 4.79 Å². The number of anilines is 1. The van der Waals surface area contributed by atoms with Gasteiger partial charge in [0, 0.05) is 33.3 Å². The number of carbonyl (C=O) groups is 1. The van der Waals surface area contributed by atoms with Crippen LogP contribution in [0.3, 0.4) is 0 Å². The number of halogens is 4. The van der Waals surface area contributed by atoms with Gasteiger partial charge in [-0.2, -0.15) is 5.26 Å². The van der Waals surface area contributed by atoms with E-state index < -0.39 is 23.0 Å². The standard InChI is InChI=1S/C24H19BrClF2N3O/c1-24(2)9-19-22(20(32)10-24)21(14-7-12(26)3-5-16(14)25)15(11-29)23(30)31(19)18-6-4-13(27)8-17(18)28/h3-8,21H,9-10,30H2,1-2H3. The lowest BCUT2D eigenvalue weighted by molar-refractivity contribution is -0.118. The Balaban J connectivity index is 2.05. The first-order valence-electron chi connectivity index (χ1n) is 9.90. The maximum atomic E-state index is 14.8. The SMILES string of the molecule is CC1(C)CC(=O)C2=C(C1)N(c1ccc(F)cc1F)C(N)=C(C#N)C2c1cc(Cl)ccc1Br. The van der Waals surface area contributed by atoms with Crippen LogP contribution in [0.5, 0.6) is 0 Å². The minimum atomic E-state index is -0.838. The monoisotopic (exact) mass is 517 g/mol. The van der Waals surface area contributed by atoms with Gasteiger partial charge in [0.05, 0.1) is 23.2 Å². The van der Waals surface area contributed by atoms with Crippen LogP contribution in [0.25, 0.3) is 0 Å². The van der Waals surface area contributed by atoms with Gasteiger partial charge in [0.2, 0.25) is 0 Å². The van der Waals surface area contributed by atoms with Gasteiger partial charge in [-0.05, 0) is 47.7 Å². The van der Waals surface area contributed by atoms with E-state index in [4.69, 9.17) is 17.3 Å². The molecule has 4 rings (SSSR count). The molecule has 0 radical (unpaired) electrons. The number of hydrogen-bond acceptors (Lipinski definition) is 4. The third-order valence-electron chi connectivity index (χ3n) is 5.80. The number of rotatable bonds is 2. The predicted octanol–water partition coefficient (Wildman–Crippen LogP) is 6.32. The molecule has 2 N–H and O–H groups in total. The van der Waals surface area contributed by atoms with Gasteiger partial charge in [-0.25, -0.2) is 8.78 Å². The van der Waals surface area contributed by atoms with Crippen LogP contribution in [0.2, 0.25) is 5.02 Å². The molecule has 0 saturated carbocycles. The van der Waals surface area contributed by atoms with Gasteiger partial charge in [0.15, 0.2) is 5.78 Å². The zero-order chi connectivity index (χ0) is 23.4. The van der Waals surface area contributed by atoms with Crippen LogP contribution >= 0.6 is 27.5 Å². The second-order valence-electron chi connectivity index (χ2n) is 8.74. The van der Waals surface area contributed by atoms with E-state index in [2.05, 4.69) is 22.0 Å². The molecule has 0 amide bonds. The van der Waals surface area contributed by atoms with Crippen molar-refractivity contribution in [2.45, 2.75) is 32.6 Å². The summed E-state index contributed by atoms with van der Waals surface area (Å²) in [5.41, 5.74) is 7.64. The summed E-state index contributed by atoms with van der Waals surface area (Å²) in [7, 11) is 0. The Labute approximate surface area is 198 Å². The fraction of sp³-hybridized carbons (Fsp3) is 0.250. The van der Waals surface area contributed by atoms with Crippen LogP contribution in [0.15, 0.2) is 63.5 Å². The Morgan fingerprint density at radius 2 is 1.94 bits per heavy atom. The van der Waals surface area contributed by atoms with Gasteiger partial charge < -0.3 is 5.73 Å². The zero-order valence-corrected chi connectivity index (χ0v) is 19.7. The highest BCUT2D eigenvalue weighted by atomic mass is 79.9. The second-order valence-corrected chi connectivity index (χ2v) is 10.0. The van der Waals surface area contributed by atoms with Crippen molar-refractivity contribution in [1.82, 2.24) is 0 Å². The third kappa shape index (κ3) is 3.72. The molecule has 0 aromatic heterocycles. The van der Waals surface area contributed by atoms with Gasteiger partial charge in [-0.1, -0.05) is 41.4 Å². The van der Waals surface area contributed by atoms with Crippen LogP contribution in [-0.4, -0.2) is 5.78 Å². The summed E-state index contributed by atoms with van der Waals surface area (Å²) < 4.78 is 29.1. The Kier molecular flexibility index (Phi) is 5.64. The molecule has 1 aliphatic heterocycles. The van der Waals surface area contributed by atoms with Gasteiger partial charge in [-0.15, -0.1) is 0 Å². The van der Waals surface area contributed by atoms with Crippen molar-refractivity contribution in [2.75, 3.05) is 4.90 Å². The maximum Gasteiger partial charge on any atom is 0.162 e. The summed E-state index contributed by atoms with van der Waals surface area (Å²) in [5.74, 6) is -2.48. The van der Waals surface area contributed by atoms with E-state index in [9.17, 15) is 18.8 Å². The molecular formula is C24H19BrClF2N3O. The van der Waals surface area contributed by atoms with Crippen LogP contribution < -0.4 is 10.6 Å². The summed E-state index contributed by atoms with van der Waals surface area (Å²) in [4.78, 5) is 14.8. The molecule has 0 spiro atoms. The Bertz CT molecular complexity index is 1260. The molecule has 4 nitrogen and oxygen atoms in total. The fourth-order valence-electron chi connectivity index (χ4n) is 4.49. The van der Waals surface area contributed by atoms with Crippen molar-refractivity contribution >= 4 is 39.0 Å². The number of nitrogens with zero attached hydrogens (tertiary/aromatic N) is 2. The number of nitriles is 1. The third-order valence-corrected chi connectivity index (χ3v) is 6.76. The molecule has 32 heavy (non-hydrogen) atoms.